The van der Waals surface area contributed by atoms with Gasteiger partial charge in [0, 0.05) is 18.8 Å². The summed E-state index contributed by atoms with van der Waals surface area (Å²) in [5.41, 5.74) is 6.97. The summed E-state index contributed by atoms with van der Waals surface area (Å²) < 4.78 is 32.3. The Morgan fingerprint density at radius 3 is 1.67 bits per heavy atom. The van der Waals surface area contributed by atoms with E-state index in [1.807, 2.05) is 4.90 Å². The number of benzene rings is 3. The van der Waals surface area contributed by atoms with Crippen LogP contribution in [0.15, 0.2) is 48.5 Å². The predicted octanol–water partition coefficient (Wildman–Crippen LogP) is 8.28. The summed E-state index contributed by atoms with van der Waals surface area (Å²) >= 11 is 0. The van der Waals surface area contributed by atoms with E-state index in [1.165, 1.54) is 0 Å². The summed E-state index contributed by atoms with van der Waals surface area (Å²) in [7, 11) is 0. The van der Waals surface area contributed by atoms with Crippen LogP contribution in [0.5, 0.6) is 0 Å². The maximum Gasteiger partial charge on any atom is 0.151 e. The summed E-state index contributed by atoms with van der Waals surface area (Å²) in [6.07, 6.45) is 7.98. The van der Waals surface area contributed by atoms with Gasteiger partial charge in [-0.2, -0.15) is 0 Å². The average molecular weight is 665 g/mol. The van der Waals surface area contributed by atoms with Crippen molar-refractivity contribution < 1.29 is 8.78 Å². The maximum absolute atomic E-state index is 16.2. The van der Waals surface area contributed by atoms with Crippen LogP contribution in [-0.2, 0) is 0 Å². The number of anilines is 2. The SMILES string of the molecule is CC1(C)CCN(c2c(F)cc(N3[C@@H](c4ccc5nc([C@@H]6CCCN6)[nH]c5c4)CC[C@@H]3c3ccc4nc([C@@H]5CCCN5)[nH]c4c3)cc2F)CC1. The number of hydrogen-bond acceptors (Lipinski definition) is 6. The van der Waals surface area contributed by atoms with E-state index in [0.29, 0.717) is 18.8 Å². The lowest BCUT2D eigenvalue weighted by atomic mass is 9.82. The molecule has 6 heterocycles. The van der Waals surface area contributed by atoms with E-state index >= 15 is 8.78 Å². The minimum Gasteiger partial charge on any atom is -0.367 e. The zero-order valence-corrected chi connectivity index (χ0v) is 28.5. The summed E-state index contributed by atoms with van der Waals surface area (Å²) in [5, 5.41) is 7.08. The number of rotatable bonds is 6. The second kappa shape index (κ2) is 12.1. The van der Waals surface area contributed by atoms with Gasteiger partial charge in [0.05, 0.1) is 46.2 Å². The van der Waals surface area contributed by atoms with Crippen molar-refractivity contribution in [3.63, 3.8) is 0 Å². The highest BCUT2D eigenvalue weighted by molar-refractivity contribution is 5.78. The minimum atomic E-state index is -0.491. The van der Waals surface area contributed by atoms with Crippen molar-refractivity contribution in [1.82, 2.24) is 30.6 Å². The van der Waals surface area contributed by atoms with Crippen LogP contribution in [0.4, 0.5) is 20.2 Å². The van der Waals surface area contributed by atoms with E-state index in [9.17, 15) is 0 Å². The first-order chi connectivity index (χ1) is 23.8. The number of piperidine rings is 1. The fraction of sp³-hybridized carbons (Fsp3) is 0.487. The molecular weight excluding hydrogens is 618 g/mol. The van der Waals surface area contributed by atoms with E-state index in [1.54, 1.807) is 12.1 Å². The number of fused-ring (bicyclic) bond motifs is 2. The van der Waals surface area contributed by atoms with Gasteiger partial charge in [0.15, 0.2) is 11.6 Å². The van der Waals surface area contributed by atoms with Crippen molar-refractivity contribution in [3.8, 4) is 0 Å². The highest BCUT2D eigenvalue weighted by Crippen LogP contribution is 2.49. The molecule has 4 aliphatic rings. The van der Waals surface area contributed by atoms with Crippen molar-refractivity contribution in [3.05, 3.63) is 82.9 Å². The minimum absolute atomic E-state index is 0.0677. The van der Waals surface area contributed by atoms with Crippen LogP contribution in [0.3, 0.4) is 0 Å². The molecule has 9 rings (SSSR count). The fourth-order valence-electron chi connectivity index (χ4n) is 8.84. The molecule has 0 amide bonds. The molecule has 0 bridgehead atoms. The third-order valence-corrected chi connectivity index (χ3v) is 11.7. The number of imidazole rings is 2. The molecule has 2 aromatic heterocycles. The molecule has 5 aromatic rings. The Labute approximate surface area is 286 Å². The molecule has 8 nitrogen and oxygen atoms in total. The first-order valence-corrected chi connectivity index (χ1v) is 18.3. The van der Waals surface area contributed by atoms with E-state index in [4.69, 9.17) is 9.97 Å². The van der Waals surface area contributed by atoms with Crippen LogP contribution in [-0.4, -0.2) is 46.1 Å². The second-order valence-electron chi connectivity index (χ2n) is 15.5. The van der Waals surface area contributed by atoms with Gasteiger partial charge in [-0.15, -0.1) is 0 Å². The summed E-state index contributed by atoms with van der Waals surface area (Å²) in [6, 6.07) is 16.3. The molecule has 4 atom stereocenters. The van der Waals surface area contributed by atoms with Gasteiger partial charge in [-0.25, -0.2) is 18.7 Å². The molecule has 256 valence electrons. The molecule has 49 heavy (non-hydrogen) atoms. The highest BCUT2D eigenvalue weighted by Gasteiger charge is 2.38. The van der Waals surface area contributed by atoms with Crippen molar-refractivity contribution in [2.45, 2.75) is 89.4 Å². The molecule has 4 aliphatic heterocycles. The number of nitrogens with zero attached hydrogens (tertiary/aromatic N) is 4. The second-order valence-corrected chi connectivity index (χ2v) is 15.5. The molecule has 0 aliphatic carbocycles. The van der Waals surface area contributed by atoms with Gasteiger partial charge >= 0.3 is 0 Å². The molecule has 4 saturated heterocycles. The molecule has 4 N–H and O–H groups in total. The van der Waals surface area contributed by atoms with Gasteiger partial charge in [0.1, 0.15) is 17.3 Å². The smallest absolute Gasteiger partial charge is 0.151 e. The maximum atomic E-state index is 16.2. The lowest BCUT2D eigenvalue weighted by molar-refractivity contribution is 0.278. The number of hydrogen-bond donors (Lipinski definition) is 4. The van der Waals surface area contributed by atoms with Crippen molar-refractivity contribution in [1.29, 1.82) is 0 Å². The number of aromatic nitrogens is 4. The van der Waals surface area contributed by atoms with Gasteiger partial charge in [0.25, 0.3) is 0 Å². The van der Waals surface area contributed by atoms with Crippen molar-refractivity contribution in [2.24, 2.45) is 5.41 Å². The molecule has 0 saturated carbocycles. The topological polar surface area (TPSA) is 87.9 Å². The van der Waals surface area contributed by atoms with Crippen LogP contribution in [0.25, 0.3) is 22.1 Å². The van der Waals surface area contributed by atoms with E-state index in [-0.39, 0.29) is 35.3 Å². The van der Waals surface area contributed by atoms with Crippen molar-refractivity contribution in [2.75, 3.05) is 36.0 Å². The molecule has 0 spiro atoms. The third kappa shape index (κ3) is 5.66. The quantitative estimate of drug-likeness (QED) is 0.146. The Morgan fingerprint density at radius 1 is 0.694 bits per heavy atom. The average Bonchev–Trinajstić information content (AvgIpc) is 3.93. The fourth-order valence-corrected chi connectivity index (χ4v) is 8.84. The first-order valence-electron chi connectivity index (χ1n) is 18.3. The van der Waals surface area contributed by atoms with E-state index in [2.05, 4.69) is 75.7 Å². The summed E-state index contributed by atoms with van der Waals surface area (Å²) in [6.45, 7) is 7.79. The third-order valence-electron chi connectivity index (χ3n) is 11.7. The summed E-state index contributed by atoms with van der Waals surface area (Å²) in [5.74, 6) is 0.974. The van der Waals surface area contributed by atoms with Crippen LogP contribution in [0.1, 0.15) is 112 Å². The van der Waals surface area contributed by atoms with E-state index in [0.717, 1.165) is 109 Å². The van der Waals surface area contributed by atoms with Crippen molar-refractivity contribution >= 4 is 33.4 Å². The highest BCUT2D eigenvalue weighted by atomic mass is 19.1. The molecular formula is C39H46F2N8. The Balaban J connectivity index is 1.09. The number of nitrogens with one attached hydrogen (secondary N) is 4. The van der Waals surface area contributed by atoms with Gasteiger partial charge in [0.2, 0.25) is 0 Å². The first kappa shape index (κ1) is 31.0. The molecule has 10 heteroatoms. The number of H-pyrrole nitrogens is 2. The molecule has 0 radical (unpaired) electrons. The standard InChI is InChI=1S/C39H46F2N8/c1-39(2)13-17-48(18-14-39)36-26(40)21-25(22-27(36)41)49-34(23-7-9-28-32(19-23)46-37(44-28)30-5-3-15-42-30)11-12-35(49)24-8-10-29-33(20-24)47-38(45-29)31-6-4-16-43-31/h7-10,19-22,30-31,34-35,42-43H,3-6,11-18H2,1-2H3,(H,44,46)(H,45,47)/t30-,31-,34+,35+/m0/s1. The molecule has 0 unspecified atom stereocenters. The Bertz CT molecular complexity index is 1870. The molecule has 3 aromatic carbocycles. The van der Waals surface area contributed by atoms with E-state index < -0.39 is 11.6 Å². The lowest BCUT2D eigenvalue weighted by Crippen LogP contribution is -2.38. The Kier molecular flexibility index (Phi) is 7.65. The largest absolute Gasteiger partial charge is 0.367 e. The number of halogens is 2. The van der Waals surface area contributed by atoms with Gasteiger partial charge in [-0.1, -0.05) is 26.0 Å². The Morgan fingerprint density at radius 2 is 1.20 bits per heavy atom. The van der Waals surface area contributed by atoms with Crippen LogP contribution in [0, 0.1) is 17.0 Å². The van der Waals surface area contributed by atoms with Gasteiger partial charge in [-0.05, 0) is 117 Å². The Hall–Kier alpha value is -4.02. The van der Waals surface area contributed by atoms with Gasteiger partial charge < -0.3 is 30.4 Å². The zero-order valence-electron chi connectivity index (χ0n) is 28.5. The lowest BCUT2D eigenvalue weighted by Gasteiger charge is -2.39. The van der Waals surface area contributed by atoms with Crippen LogP contribution >= 0.6 is 0 Å². The predicted molar refractivity (Wildman–Crippen MR) is 191 cm³/mol. The van der Waals surface area contributed by atoms with Crippen LogP contribution in [0.2, 0.25) is 0 Å². The monoisotopic (exact) mass is 664 g/mol. The molecule has 4 fully saturated rings. The summed E-state index contributed by atoms with van der Waals surface area (Å²) in [4.78, 5) is 21.1. The van der Waals surface area contributed by atoms with Gasteiger partial charge in [-0.3, -0.25) is 0 Å². The normalized spacial score (nSPS) is 25.7. The van der Waals surface area contributed by atoms with Crippen LogP contribution < -0.4 is 20.4 Å². The number of aromatic amines is 2. The zero-order chi connectivity index (χ0) is 33.3.